The molecule has 1 N–H and O–H groups in total. The van der Waals surface area contributed by atoms with Gasteiger partial charge in [0.15, 0.2) is 9.32 Å². The summed E-state index contributed by atoms with van der Waals surface area (Å²) in [6.07, 6.45) is 2.48. The first-order chi connectivity index (χ1) is 12.1. The summed E-state index contributed by atoms with van der Waals surface area (Å²) in [6.45, 7) is 0. The van der Waals surface area contributed by atoms with Crippen molar-refractivity contribution in [3.05, 3.63) is 46.7 Å². The van der Waals surface area contributed by atoms with E-state index in [-0.39, 0.29) is 0 Å². The minimum Gasteiger partial charge on any atom is -0.480 e. The second kappa shape index (κ2) is 6.74. The molecule has 1 aliphatic carbocycles. The number of aliphatic carboxylic acids is 1. The van der Waals surface area contributed by atoms with E-state index in [0.717, 1.165) is 22.8 Å². The first-order valence-electron chi connectivity index (χ1n) is 7.72. The summed E-state index contributed by atoms with van der Waals surface area (Å²) < 4.78 is 1.60. The third-order valence-electron chi connectivity index (χ3n) is 4.19. The Kier molecular flexibility index (Phi) is 4.59. The minimum atomic E-state index is -0.954. The van der Waals surface area contributed by atoms with Crippen LogP contribution in [0.1, 0.15) is 24.3 Å². The predicted octanol–water partition coefficient (Wildman–Crippen LogP) is 4.96. The van der Waals surface area contributed by atoms with Crippen LogP contribution in [0.5, 0.6) is 0 Å². The van der Waals surface area contributed by atoms with Gasteiger partial charge in [-0.1, -0.05) is 58.0 Å². The highest BCUT2D eigenvalue weighted by molar-refractivity contribution is 9.11. The van der Waals surface area contributed by atoms with Crippen LogP contribution in [0.25, 0.3) is 16.5 Å². The summed E-state index contributed by atoms with van der Waals surface area (Å²) in [6, 6.07) is 12.5. The maximum absolute atomic E-state index is 11.2. The molecule has 0 radical (unpaired) electrons. The fraction of sp³-hybridized carbons (Fsp3) is 0.235. The molecule has 3 aromatic rings. The van der Waals surface area contributed by atoms with Crippen molar-refractivity contribution in [1.29, 1.82) is 0 Å². The number of aromatic nitrogens is 3. The Morgan fingerprint density at radius 3 is 2.60 bits per heavy atom. The summed E-state index contributed by atoms with van der Waals surface area (Å²) in [5.41, 5.74) is 2.31. The summed E-state index contributed by atoms with van der Waals surface area (Å²) in [5, 5.41) is 20.2. The molecule has 2 aromatic carbocycles. The molecule has 0 bridgehead atoms. The first-order valence-corrected chi connectivity index (χ1v) is 10.3. The maximum atomic E-state index is 11.2. The van der Waals surface area contributed by atoms with Crippen LogP contribution in [0.3, 0.4) is 0 Å². The number of rotatable bonds is 5. The zero-order valence-corrected chi connectivity index (χ0v) is 16.9. The molecular weight excluding hydrogens is 470 g/mol. The van der Waals surface area contributed by atoms with E-state index in [1.807, 2.05) is 16.7 Å². The van der Waals surface area contributed by atoms with Crippen molar-refractivity contribution in [3.63, 3.8) is 0 Å². The highest BCUT2D eigenvalue weighted by atomic mass is 79.9. The van der Waals surface area contributed by atoms with Crippen LogP contribution in [-0.2, 0) is 4.79 Å². The fourth-order valence-corrected chi connectivity index (χ4v) is 4.65. The Labute approximate surface area is 165 Å². The van der Waals surface area contributed by atoms with Gasteiger partial charge < -0.3 is 5.11 Å². The van der Waals surface area contributed by atoms with Gasteiger partial charge in [0.25, 0.3) is 0 Å². The molecule has 1 aliphatic rings. The molecule has 4 rings (SSSR count). The third-order valence-corrected chi connectivity index (χ3v) is 6.54. The van der Waals surface area contributed by atoms with Gasteiger partial charge in [-0.05, 0) is 51.7 Å². The molecule has 5 nitrogen and oxygen atoms in total. The van der Waals surface area contributed by atoms with Gasteiger partial charge in [0.1, 0.15) is 0 Å². The fourth-order valence-electron chi connectivity index (χ4n) is 2.93. The van der Waals surface area contributed by atoms with Crippen molar-refractivity contribution < 1.29 is 9.90 Å². The van der Waals surface area contributed by atoms with Crippen LogP contribution in [0.4, 0.5) is 0 Å². The summed E-state index contributed by atoms with van der Waals surface area (Å²) in [4.78, 5) is 11.2. The van der Waals surface area contributed by atoms with Gasteiger partial charge in [-0.15, -0.1) is 10.2 Å². The van der Waals surface area contributed by atoms with Crippen molar-refractivity contribution in [2.24, 2.45) is 0 Å². The van der Waals surface area contributed by atoms with E-state index >= 15 is 0 Å². The van der Waals surface area contributed by atoms with Gasteiger partial charge in [-0.2, -0.15) is 0 Å². The van der Waals surface area contributed by atoms with E-state index in [0.29, 0.717) is 15.8 Å². The van der Waals surface area contributed by atoms with Crippen LogP contribution < -0.4 is 0 Å². The highest BCUT2D eigenvalue weighted by Gasteiger charge is 2.27. The Morgan fingerprint density at radius 2 is 1.92 bits per heavy atom. The zero-order chi connectivity index (χ0) is 17.6. The predicted molar refractivity (Wildman–Crippen MR) is 105 cm³/mol. The van der Waals surface area contributed by atoms with Crippen molar-refractivity contribution >= 4 is 60.4 Å². The Hall–Kier alpha value is -1.38. The van der Waals surface area contributed by atoms with Gasteiger partial charge in [0, 0.05) is 5.39 Å². The number of alkyl halides is 1. The molecule has 1 saturated carbocycles. The number of benzene rings is 2. The van der Waals surface area contributed by atoms with Gasteiger partial charge in [0.05, 0.1) is 5.69 Å². The lowest BCUT2D eigenvalue weighted by Crippen LogP contribution is -2.09. The van der Waals surface area contributed by atoms with E-state index < -0.39 is 10.1 Å². The van der Waals surface area contributed by atoms with Gasteiger partial charge in [-0.25, -0.2) is 0 Å². The number of thioether (sulfide) groups is 1. The largest absolute Gasteiger partial charge is 0.480 e. The zero-order valence-electron chi connectivity index (χ0n) is 12.9. The minimum absolute atomic E-state index is 0.514. The Balaban J connectivity index is 1.87. The van der Waals surface area contributed by atoms with Crippen molar-refractivity contribution in [1.82, 2.24) is 14.8 Å². The summed E-state index contributed by atoms with van der Waals surface area (Å²) in [5.74, 6) is -0.305. The van der Waals surface area contributed by atoms with Crippen LogP contribution >= 0.6 is 43.6 Å². The van der Waals surface area contributed by atoms with E-state index in [9.17, 15) is 4.79 Å². The SMILES string of the molecule is O=C(O)C(Br)Sc1nnc(Br)n1-c1ccc(C2CC2)c2ccccc12. The molecule has 1 atom stereocenters. The molecule has 1 heterocycles. The van der Waals surface area contributed by atoms with E-state index in [1.54, 1.807) is 0 Å². The van der Waals surface area contributed by atoms with E-state index in [4.69, 9.17) is 5.11 Å². The lowest BCUT2D eigenvalue weighted by molar-refractivity contribution is -0.134. The lowest BCUT2D eigenvalue weighted by Gasteiger charge is -2.14. The summed E-state index contributed by atoms with van der Waals surface area (Å²) in [7, 11) is 0. The third kappa shape index (κ3) is 3.22. The molecule has 1 fully saturated rings. The summed E-state index contributed by atoms with van der Waals surface area (Å²) >= 11 is 7.69. The topological polar surface area (TPSA) is 68.0 Å². The number of hydrogen-bond acceptors (Lipinski definition) is 4. The first kappa shape index (κ1) is 17.1. The van der Waals surface area contributed by atoms with Crippen LogP contribution in [0, 0.1) is 0 Å². The number of halogens is 2. The van der Waals surface area contributed by atoms with Gasteiger partial charge in [-0.3, -0.25) is 9.36 Å². The van der Waals surface area contributed by atoms with E-state index in [2.05, 4.69) is 66.3 Å². The molecule has 0 saturated heterocycles. The van der Waals surface area contributed by atoms with Gasteiger partial charge >= 0.3 is 5.97 Å². The van der Waals surface area contributed by atoms with Crippen molar-refractivity contribution in [2.75, 3.05) is 0 Å². The number of carbonyl (C=O) groups is 1. The molecule has 128 valence electrons. The quantitative estimate of drug-likeness (QED) is 0.411. The normalized spacial score (nSPS) is 15.4. The number of fused-ring (bicyclic) bond motifs is 1. The molecule has 25 heavy (non-hydrogen) atoms. The van der Waals surface area contributed by atoms with Crippen LogP contribution in [-0.4, -0.2) is 30.0 Å². The molecule has 1 aromatic heterocycles. The monoisotopic (exact) mass is 481 g/mol. The molecule has 8 heteroatoms. The molecule has 0 spiro atoms. The molecular formula is C17H13Br2N3O2S. The molecule has 1 unspecified atom stereocenters. The van der Waals surface area contributed by atoms with Gasteiger partial charge in [0.2, 0.25) is 4.73 Å². The second-order valence-corrected chi connectivity index (χ2v) is 9.16. The number of hydrogen-bond donors (Lipinski definition) is 1. The number of nitrogens with zero attached hydrogens (tertiary/aromatic N) is 3. The van der Waals surface area contributed by atoms with Crippen LogP contribution in [0.15, 0.2) is 46.3 Å². The van der Waals surface area contributed by atoms with Crippen molar-refractivity contribution in [2.45, 2.75) is 28.1 Å². The average Bonchev–Trinajstić information content (AvgIpc) is 3.38. The number of carboxylic acid groups (broad SMARTS) is 1. The highest BCUT2D eigenvalue weighted by Crippen LogP contribution is 2.44. The second-order valence-electron chi connectivity index (χ2n) is 5.85. The Morgan fingerprint density at radius 1 is 1.20 bits per heavy atom. The smallest absolute Gasteiger partial charge is 0.328 e. The van der Waals surface area contributed by atoms with E-state index in [1.165, 1.54) is 23.8 Å². The van der Waals surface area contributed by atoms with Crippen LogP contribution in [0.2, 0.25) is 0 Å². The van der Waals surface area contributed by atoms with Crippen molar-refractivity contribution in [3.8, 4) is 5.69 Å². The molecule has 0 amide bonds. The maximum Gasteiger partial charge on any atom is 0.328 e. The molecule has 0 aliphatic heterocycles. The lowest BCUT2D eigenvalue weighted by atomic mass is 9.99. The standard InChI is InChI=1S/C17H13Br2N3O2S/c18-14(15(23)24)25-17-21-20-16(19)22(17)13-8-7-10(9-5-6-9)11-3-1-2-4-12(11)13/h1-4,7-9,14H,5-6H2,(H,23,24). The average molecular weight is 483 g/mol. The Bertz CT molecular complexity index is 972. The number of carboxylic acids is 1.